The standard InChI is InChI=1S/C16H25NO4S/c1-7-17(12(4)11(2)3)16(18)13-8-9-14(21-5)15(10-13)22(6,19)20/h8-12H,7H2,1-6H3. The maximum Gasteiger partial charge on any atom is 0.254 e. The number of hydrogen-bond donors (Lipinski definition) is 0. The monoisotopic (exact) mass is 327 g/mol. The topological polar surface area (TPSA) is 63.7 Å². The summed E-state index contributed by atoms with van der Waals surface area (Å²) in [4.78, 5) is 14.5. The van der Waals surface area contributed by atoms with Crippen LogP contribution in [0.15, 0.2) is 23.1 Å². The summed E-state index contributed by atoms with van der Waals surface area (Å²) in [5.41, 5.74) is 0.357. The molecule has 0 spiro atoms. The fraction of sp³-hybridized carbons (Fsp3) is 0.562. The average molecular weight is 327 g/mol. The predicted octanol–water partition coefficient (Wildman–Crippen LogP) is 2.61. The number of nitrogens with zero attached hydrogens (tertiary/aromatic N) is 1. The van der Waals surface area contributed by atoms with E-state index in [-0.39, 0.29) is 22.6 Å². The second-order valence-corrected chi connectivity index (χ2v) is 7.70. The zero-order valence-electron chi connectivity index (χ0n) is 14.1. The third-order valence-electron chi connectivity index (χ3n) is 3.87. The third kappa shape index (κ3) is 4.00. The van der Waals surface area contributed by atoms with Gasteiger partial charge in [-0.1, -0.05) is 13.8 Å². The lowest BCUT2D eigenvalue weighted by atomic mass is 10.0. The summed E-state index contributed by atoms with van der Waals surface area (Å²) in [5, 5.41) is 0. The molecule has 1 atom stereocenters. The molecular formula is C16H25NO4S. The summed E-state index contributed by atoms with van der Waals surface area (Å²) < 4.78 is 28.8. The highest BCUT2D eigenvalue weighted by atomic mass is 32.2. The number of rotatable bonds is 6. The molecule has 6 heteroatoms. The molecule has 0 radical (unpaired) electrons. The minimum Gasteiger partial charge on any atom is -0.495 e. The van der Waals surface area contributed by atoms with Crippen LogP contribution in [0, 0.1) is 5.92 Å². The number of amides is 1. The molecule has 0 heterocycles. The van der Waals surface area contributed by atoms with Crippen LogP contribution in [0.25, 0.3) is 0 Å². The number of ether oxygens (including phenoxy) is 1. The molecular weight excluding hydrogens is 302 g/mol. The second-order valence-electron chi connectivity index (χ2n) is 5.71. The van der Waals surface area contributed by atoms with Crippen LogP contribution < -0.4 is 4.74 Å². The highest BCUT2D eigenvalue weighted by Gasteiger charge is 2.24. The summed E-state index contributed by atoms with van der Waals surface area (Å²) in [7, 11) is -2.06. The minimum atomic E-state index is -3.47. The van der Waals surface area contributed by atoms with Crippen molar-refractivity contribution in [1.82, 2.24) is 4.90 Å². The van der Waals surface area contributed by atoms with Gasteiger partial charge in [0.15, 0.2) is 9.84 Å². The van der Waals surface area contributed by atoms with Gasteiger partial charge in [0.1, 0.15) is 10.6 Å². The first-order chi connectivity index (χ1) is 10.1. The Hall–Kier alpha value is -1.56. The first-order valence-electron chi connectivity index (χ1n) is 7.32. The van der Waals surface area contributed by atoms with Gasteiger partial charge in [0.2, 0.25) is 0 Å². The normalized spacial score (nSPS) is 13.0. The molecule has 0 aliphatic carbocycles. The van der Waals surface area contributed by atoms with E-state index in [0.29, 0.717) is 18.0 Å². The fourth-order valence-corrected chi connectivity index (χ4v) is 3.10. The number of sulfone groups is 1. The van der Waals surface area contributed by atoms with Crippen LogP contribution in [0.1, 0.15) is 38.1 Å². The maximum atomic E-state index is 12.7. The molecule has 0 aliphatic rings. The van der Waals surface area contributed by atoms with E-state index >= 15 is 0 Å². The van der Waals surface area contributed by atoms with Crippen molar-refractivity contribution in [1.29, 1.82) is 0 Å². The van der Waals surface area contributed by atoms with Gasteiger partial charge in [-0.05, 0) is 38.0 Å². The zero-order valence-corrected chi connectivity index (χ0v) is 14.9. The Morgan fingerprint density at radius 3 is 2.27 bits per heavy atom. The lowest BCUT2D eigenvalue weighted by molar-refractivity contribution is 0.0660. The Morgan fingerprint density at radius 1 is 1.27 bits per heavy atom. The SMILES string of the molecule is CCN(C(=O)c1ccc(OC)c(S(C)(=O)=O)c1)C(C)C(C)C. The van der Waals surface area contributed by atoms with Gasteiger partial charge < -0.3 is 9.64 Å². The molecule has 0 saturated carbocycles. The van der Waals surface area contributed by atoms with E-state index in [1.807, 2.05) is 13.8 Å². The molecule has 1 unspecified atom stereocenters. The molecule has 0 bridgehead atoms. The number of methoxy groups -OCH3 is 1. The van der Waals surface area contributed by atoms with Gasteiger partial charge in [-0.25, -0.2) is 8.42 Å². The van der Waals surface area contributed by atoms with Crippen LogP contribution in [-0.4, -0.2) is 45.2 Å². The van der Waals surface area contributed by atoms with Crippen LogP contribution in [0.3, 0.4) is 0 Å². The quantitative estimate of drug-likeness (QED) is 0.805. The van der Waals surface area contributed by atoms with E-state index < -0.39 is 9.84 Å². The van der Waals surface area contributed by atoms with Crippen molar-refractivity contribution >= 4 is 15.7 Å². The van der Waals surface area contributed by atoms with E-state index in [4.69, 9.17) is 4.74 Å². The summed E-state index contributed by atoms with van der Waals surface area (Å²) in [6.07, 6.45) is 1.10. The molecule has 1 aromatic carbocycles. The second kappa shape index (κ2) is 7.13. The lowest BCUT2D eigenvalue weighted by Gasteiger charge is -2.31. The van der Waals surface area contributed by atoms with E-state index in [2.05, 4.69) is 13.8 Å². The first-order valence-corrected chi connectivity index (χ1v) is 9.21. The van der Waals surface area contributed by atoms with Crippen molar-refractivity contribution < 1.29 is 17.9 Å². The van der Waals surface area contributed by atoms with Crippen LogP contribution in [0.4, 0.5) is 0 Å². The smallest absolute Gasteiger partial charge is 0.254 e. The van der Waals surface area contributed by atoms with Crippen LogP contribution >= 0.6 is 0 Å². The molecule has 0 aliphatic heterocycles. The predicted molar refractivity (Wildman–Crippen MR) is 87.1 cm³/mol. The molecule has 0 N–H and O–H groups in total. The van der Waals surface area contributed by atoms with Crippen molar-refractivity contribution in [2.75, 3.05) is 19.9 Å². The Bertz CT molecular complexity index is 638. The molecule has 0 saturated heterocycles. The number of benzene rings is 1. The van der Waals surface area contributed by atoms with Crippen molar-refractivity contribution in [2.24, 2.45) is 5.92 Å². The van der Waals surface area contributed by atoms with Crippen LogP contribution in [0.2, 0.25) is 0 Å². The van der Waals surface area contributed by atoms with Gasteiger partial charge in [-0.3, -0.25) is 4.79 Å². The van der Waals surface area contributed by atoms with Crippen molar-refractivity contribution in [3.8, 4) is 5.75 Å². The minimum absolute atomic E-state index is 0.0362. The highest BCUT2D eigenvalue weighted by molar-refractivity contribution is 7.90. The maximum absolute atomic E-state index is 12.7. The Labute approximate surface area is 133 Å². The number of carbonyl (C=O) groups is 1. The molecule has 5 nitrogen and oxygen atoms in total. The largest absolute Gasteiger partial charge is 0.495 e. The third-order valence-corrected chi connectivity index (χ3v) is 4.99. The lowest BCUT2D eigenvalue weighted by Crippen LogP contribution is -2.41. The molecule has 22 heavy (non-hydrogen) atoms. The molecule has 0 aromatic heterocycles. The summed E-state index contributed by atoms with van der Waals surface area (Å²) in [6, 6.07) is 4.59. The van der Waals surface area contributed by atoms with Gasteiger partial charge in [-0.2, -0.15) is 0 Å². The Morgan fingerprint density at radius 2 is 1.86 bits per heavy atom. The summed E-state index contributed by atoms with van der Waals surface area (Å²) in [6.45, 7) is 8.58. The molecule has 1 aromatic rings. The molecule has 0 fully saturated rings. The van der Waals surface area contributed by atoms with Crippen molar-refractivity contribution in [2.45, 2.75) is 38.6 Å². The van der Waals surface area contributed by atoms with E-state index in [0.717, 1.165) is 6.26 Å². The zero-order chi connectivity index (χ0) is 17.1. The highest BCUT2D eigenvalue weighted by Crippen LogP contribution is 2.26. The van der Waals surface area contributed by atoms with E-state index in [1.54, 1.807) is 11.0 Å². The van der Waals surface area contributed by atoms with Crippen molar-refractivity contribution in [3.63, 3.8) is 0 Å². The van der Waals surface area contributed by atoms with Gasteiger partial charge in [0.25, 0.3) is 5.91 Å². The van der Waals surface area contributed by atoms with Gasteiger partial charge in [-0.15, -0.1) is 0 Å². The Balaban J connectivity index is 3.30. The fourth-order valence-electron chi connectivity index (χ4n) is 2.24. The van der Waals surface area contributed by atoms with Crippen LogP contribution in [-0.2, 0) is 9.84 Å². The van der Waals surface area contributed by atoms with Gasteiger partial charge in [0, 0.05) is 24.4 Å². The molecule has 124 valence electrons. The van der Waals surface area contributed by atoms with E-state index in [1.165, 1.54) is 19.2 Å². The number of carbonyl (C=O) groups excluding carboxylic acids is 1. The Kier molecular flexibility index (Phi) is 6.00. The number of hydrogen-bond acceptors (Lipinski definition) is 4. The van der Waals surface area contributed by atoms with E-state index in [9.17, 15) is 13.2 Å². The molecule has 1 rings (SSSR count). The van der Waals surface area contributed by atoms with Gasteiger partial charge >= 0.3 is 0 Å². The summed E-state index contributed by atoms with van der Waals surface area (Å²) >= 11 is 0. The molecule has 1 amide bonds. The van der Waals surface area contributed by atoms with Crippen LogP contribution in [0.5, 0.6) is 5.75 Å². The average Bonchev–Trinajstić information content (AvgIpc) is 2.45. The first kappa shape index (κ1) is 18.5. The van der Waals surface area contributed by atoms with Crippen molar-refractivity contribution in [3.05, 3.63) is 23.8 Å². The van der Waals surface area contributed by atoms with Gasteiger partial charge in [0.05, 0.1) is 7.11 Å². The summed E-state index contributed by atoms with van der Waals surface area (Å²) in [5.74, 6) is 0.395.